The minimum atomic E-state index is 0. The molecule has 0 unspecified atom stereocenters. The van der Waals surface area contributed by atoms with Crippen molar-refractivity contribution in [1.82, 2.24) is 0 Å². The fourth-order valence-corrected chi connectivity index (χ4v) is 5.96. The predicted molar refractivity (Wildman–Crippen MR) is 182 cm³/mol. The Kier molecular flexibility index (Phi) is 13.3. The molecule has 0 radical (unpaired) electrons. The first-order valence-electron chi connectivity index (χ1n) is 15.0. The van der Waals surface area contributed by atoms with Crippen molar-refractivity contribution < 1.29 is 44.8 Å². The summed E-state index contributed by atoms with van der Waals surface area (Å²) in [5, 5.41) is 0. The zero-order chi connectivity index (χ0) is 30.0. The summed E-state index contributed by atoms with van der Waals surface area (Å²) in [6, 6.07) is 57.0. The third kappa shape index (κ3) is 8.82. The summed E-state index contributed by atoms with van der Waals surface area (Å²) < 4.78 is 1.33. The van der Waals surface area contributed by atoms with Crippen LogP contribution in [0.4, 0.5) is 0 Å². The molecule has 0 aromatic heterocycles. The molecule has 3 heteroatoms. The summed E-state index contributed by atoms with van der Waals surface area (Å²) in [6.07, 6.45) is 11.0. The molecule has 0 amide bonds. The summed E-state index contributed by atoms with van der Waals surface area (Å²) in [4.78, 5) is 0. The smallest absolute Gasteiger partial charge is 0.0181 e. The van der Waals surface area contributed by atoms with Crippen molar-refractivity contribution in [3.63, 3.8) is 0 Å². The Morgan fingerprint density at radius 2 is 1.09 bits per heavy atom. The van der Waals surface area contributed by atoms with Crippen molar-refractivity contribution in [2.45, 2.75) is 12.8 Å². The van der Waals surface area contributed by atoms with Crippen LogP contribution in [0, 0.1) is 12.1 Å². The van der Waals surface area contributed by atoms with Crippen LogP contribution in [0.3, 0.4) is 0 Å². The van der Waals surface area contributed by atoms with Crippen LogP contribution in [0.5, 0.6) is 0 Å². The number of allylic oxidation sites excluding steroid dienone is 4. The zero-order valence-corrected chi connectivity index (χ0v) is 28.4. The van der Waals surface area contributed by atoms with E-state index in [0.29, 0.717) is 0 Å². The molecule has 0 atom stereocenters. The molecule has 0 heterocycles. The molecule has 2 aliphatic carbocycles. The molecule has 0 saturated carbocycles. The van der Waals surface area contributed by atoms with Gasteiger partial charge in [-0.3, -0.25) is 6.08 Å². The van der Waals surface area contributed by atoms with Crippen LogP contribution in [0.25, 0.3) is 33.4 Å². The molecule has 0 fully saturated rings. The first-order valence-corrected chi connectivity index (χ1v) is 15.7. The summed E-state index contributed by atoms with van der Waals surface area (Å²) >= 11 is 2.16. The monoisotopic (exact) mass is 666 g/mol. The van der Waals surface area contributed by atoms with Crippen LogP contribution in [-0.4, -0.2) is 3.81 Å². The Balaban J connectivity index is 0.000000193. The largest absolute Gasteiger partial charge is 0.143 e. The molecule has 0 bridgehead atoms. The molecule has 6 aromatic rings. The van der Waals surface area contributed by atoms with Gasteiger partial charge in [-0.2, -0.15) is 6.08 Å². The molecule has 0 aliphatic heterocycles. The number of hydrogen-bond acceptors (Lipinski definition) is 0. The van der Waals surface area contributed by atoms with Crippen LogP contribution < -0.4 is 24.8 Å². The molecule has 46 heavy (non-hydrogen) atoms. The molecule has 8 rings (SSSR count). The fraction of sp³-hybridized carbons (Fsp3) is 0.0465. The van der Waals surface area contributed by atoms with Crippen molar-refractivity contribution in [1.29, 1.82) is 0 Å². The van der Waals surface area contributed by atoms with E-state index in [9.17, 15) is 0 Å². The maximum atomic E-state index is 3.65. The average molecular weight is 668 g/mol. The minimum absolute atomic E-state index is 0. The first-order chi connectivity index (χ1) is 21.8. The van der Waals surface area contributed by atoms with Gasteiger partial charge in [0.15, 0.2) is 0 Å². The van der Waals surface area contributed by atoms with E-state index in [-0.39, 0.29) is 24.8 Å². The summed E-state index contributed by atoms with van der Waals surface area (Å²) in [5.74, 6) is 0. The van der Waals surface area contributed by atoms with Crippen LogP contribution in [-0.2, 0) is 26.4 Å². The van der Waals surface area contributed by atoms with E-state index in [1.165, 1.54) is 59.4 Å². The third-order valence-electron chi connectivity index (χ3n) is 7.69. The Bertz CT molecular complexity index is 1760. The van der Waals surface area contributed by atoms with Crippen LogP contribution >= 0.6 is 0 Å². The molecular formula is C43H32Cl2Ti-2. The number of benzene rings is 6. The standard InChI is InChI=1S/C25H17.C13H10.C5H5.2ClH.Ti/c1-3-7-18(8-4-1)20-11-13-24-22(15-20)17-23-16-21(12-14-25(23)24)19-9-5-2-6-10-19;1-3-7-12(8-4-1)11-13-9-5-2-6-10-13;1-2-4-5-3-1;;;/h1-15H,17H2;1-10H;1-3H,4H2;2*1H;/q-1;;-1;;;+2/p-2. The maximum absolute atomic E-state index is 3.65. The van der Waals surface area contributed by atoms with E-state index < -0.39 is 0 Å². The van der Waals surface area contributed by atoms with Gasteiger partial charge in [-0.1, -0.05) is 95.6 Å². The van der Waals surface area contributed by atoms with Gasteiger partial charge >= 0.3 is 95.6 Å². The molecule has 0 saturated heterocycles. The molecule has 0 N–H and O–H groups in total. The molecule has 0 nitrogen and oxygen atoms in total. The molecule has 224 valence electrons. The van der Waals surface area contributed by atoms with E-state index in [4.69, 9.17) is 0 Å². The Morgan fingerprint density at radius 1 is 0.543 bits per heavy atom. The van der Waals surface area contributed by atoms with Crippen molar-refractivity contribution in [3.05, 3.63) is 204 Å². The summed E-state index contributed by atoms with van der Waals surface area (Å²) in [6.45, 7) is 0. The topological polar surface area (TPSA) is 0 Å². The summed E-state index contributed by atoms with van der Waals surface area (Å²) in [5.41, 5.74) is 12.9. The van der Waals surface area contributed by atoms with Crippen LogP contribution in [0.1, 0.15) is 28.7 Å². The normalized spacial score (nSPS) is 11.3. The Labute approximate surface area is 297 Å². The van der Waals surface area contributed by atoms with Crippen molar-refractivity contribution in [2.75, 3.05) is 0 Å². The second kappa shape index (κ2) is 17.6. The molecule has 0 spiro atoms. The zero-order valence-electron chi connectivity index (χ0n) is 25.3. The number of halogens is 2. The van der Waals surface area contributed by atoms with Gasteiger partial charge in [0.1, 0.15) is 0 Å². The average Bonchev–Trinajstić information content (AvgIpc) is 3.81. The number of rotatable bonds is 4. The quantitative estimate of drug-likeness (QED) is 0.192. The van der Waals surface area contributed by atoms with Gasteiger partial charge in [0.05, 0.1) is 0 Å². The minimum Gasteiger partial charge on any atom is -0.143 e. The van der Waals surface area contributed by atoms with Gasteiger partial charge in [0.25, 0.3) is 0 Å². The van der Waals surface area contributed by atoms with Gasteiger partial charge in [-0.25, -0.2) is 12.2 Å². The van der Waals surface area contributed by atoms with Gasteiger partial charge in [0, 0.05) is 0 Å². The van der Waals surface area contributed by atoms with Crippen molar-refractivity contribution in [2.24, 2.45) is 0 Å². The van der Waals surface area contributed by atoms with Crippen molar-refractivity contribution in [3.8, 4) is 33.4 Å². The van der Waals surface area contributed by atoms with Gasteiger partial charge < -0.3 is 24.8 Å². The number of fused-ring (bicyclic) bond motifs is 3. The maximum Gasteiger partial charge on any atom is -0.0181 e. The second-order valence-electron chi connectivity index (χ2n) is 10.7. The first kappa shape index (κ1) is 34.8. The van der Waals surface area contributed by atoms with Crippen molar-refractivity contribution >= 4 is 3.81 Å². The number of hydrogen-bond donors (Lipinski definition) is 0. The van der Waals surface area contributed by atoms with Gasteiger partial charge in [-0.15, -0.1) is 35.7 Å². The van der Waals surface area contributed by atoms with Crippen LogP contribution in [0.2, 0.25) is 0 Å². The second-order valence-corrected chi connectivity index (χ2v) is 11.4. The fourth-order valence-electron chi connectivity index (χ4n) is 5.44. The summed E-state index contributed by atoms with van der Waals surface area (Å²) in [7, 11) is 0. The van der Waals surface area contributed by atoms with Gasteiger partial charge in [0.2, 0.25) is 0 Å². The molecule has 2 aliphatic rings. The van der Waals surface area contributed by atoms with Crippen LogP contribution in [0.15, 0.2) is 170 Å². The Morgan fingerprint density at radius 3 is 1.61 bits per heavy atom. The molecule has 6 aromatic carbocycles. The van der Waals surface area contributed by atoms with E-state index >= 15 is 0 Å². The van der Waals surface area contributed by atoms with E-state index in [1.807, 2.05) is 24.3 Å². The van der Waals surface area contributed by atoms with Gasteiger partial charge in [-0.05, 0) is 23.1 Å². The Hall–Kier alpha value is -4.04. The van der Waals surface area contributed by atoms with E-state index in [1.54, 1.807) is 0 Å². The van der Waals surface area contributed by atoms with E-state index in [0.717, 1.165) is 12.8 Å². The third-order valence-corrected chi connectivity index (χ3v) is 8.59. The molecular weight excluding hydrogens is 635 g/mol. The van der Waals surface area contributed by atoms with E-state index in [2.05, 4.69) is 178 Å². The SMILES string of the molecule is [C-]1=CC=CC1.[Cl-].[Cl-].[Ti+2]=[C](c1ccccc1)c1ccccc1.[c-]1c(-c2ccccc2)ccc2c1Cc1cc(-c3ccccc3)ccc1-2. The predicted octanol–water partition coefficient (Wildman–Crippen LogP) is 4.51.